The molecule has 122 valence electrons. The van der Waals surface area contributed by atoms with Crippen LogP contribution >= 0.6 is 0 Å². The minimum Gasteiger partial charge on any atom is -0.495 e. The Morgan fingerprint density at radius 3 is 2.91 bits per heavy atom. The number of aromatic nitrogens is 3. The topological polar surface area (TPSA) is 69.0 Å². The number of nitrogens with one attached hydrogen (secondary N) is 1. The fourth-order valence-corrected chi connectivity index (χ4v) is 3.12. The zero-order chi connectivity index (χ0) is 16.6. The fraction of sp³-hybridized carbons (Fsp3) is 0.471. The molecule has 6 heteroatoms. The quantitative estimate of drug-likeness (QED) is 0.942. The Hall–Kier alpha value is -2.37. The summed E-state index contributed by atoms with van der Waals surface area (Å²) < 4.78 is 7.17. The van der Waals surface area contributed by atoms with Crippen molar-refractivity contribution in [1.82, 2.24) is 14.8 Å². The number of nitrogens with zero attached hydrogens (tertiary/aromatic N) is 3. The van der Waals surface area contributed by atoms with Crippen LogP contribution in [-0.2, 0) is 11.3 Å². The van der Waals surface area contributed by atoms with Gasteiger partial charge in [0, 0.05) is 30.6 Å². The molecule has 1 atom stereocenters. The second-order valence-electron chi connectivity index (χ2n) is 6.39. The number of ether oxygens (including phenoxy) is 1. The van der Waals surface area contributed by atoms with E-state index in [2.05, 4.69) is 29.2 Å². The number of anilines is 1. The van der Waals surface area contributed by atoms with Crippen LogP contribution in [0.4, 0.5) is 5.82 Å². The molecule has 0 bridgehead atoms. The van der Waals surface area contributed by atoms with Gasteiger partial charge in [-0.05, 0) is 24.5 Å². The molecule has 0 radical (unpaired) electrons. The zero-order valence-corrected chi connectivity index (χ0v) is 14.0. The van der Waals surface area contributed by atoms with E-state index in [9.17, 15) is 4.79 Å². The predicted molar refractivity (Wildman–Crippen MR) is 87.7 cm³/mol. The van der Waals surface area contributed by atoms with Crippen LogP contribution in [0.25, 0.3) is 0 Å². The number of fused-ring (bicyclic) bond motifs is 1. The van der Waals surface area contributed by atoms with Crippen LogP contribution in [0.2, 0.25) is 0 Å². The van der Waals surface area contributed by atoms with Crippen LogP contribution in [0.15, 0.2) is 18.5 Å². The molecule has 2 aromatic heterocycles. The lowest BCUT2D eigenvalue weighted by molar-refractivity contribution is -0.116. The molecule has 1 aliphatic heterocycles. The summed E-state index contributed by atoms with van der Waals surface area (Å²) >= 11 is 0. The number of aryl methyl sites for hydroxylation is 1. The molecule has 0 aliphatic carbocycles. The van der Waals surface area contributed by atoms with Crippen molar-refractivity contribution >= 4 is 11.7 Å². The van der Waals surface area contributed by atoms with Crippen molar-refractivity contribution in [1.29, 1.82) is 0 Å². The summed E-state index contributed by atoms with van der Waals surface area (Å²) in [4.78, 5) is 16.4. The standard InChI is InChI=1S/C17H22N4O2/c1-10(2)9-21-17-16(11(3)20-21)14(6-15(22)19-17)12-5-13(23-4)8-18-7-12/h5,7-8,10,14H,6,9H2,1-4H3,(H,19,22). The van der Waals surface area contributed by atoms with E-state index in [1.54, 1.807) is 19.5 Å². The van der Waals surface area contributed by atoms with Gasteiger partial charge in [0.2, 0.25) is 5.91 Å². The SMILES string of the molecule is COc1cncc(C2CC(=O)Nc3c2c(C)nn3CC(C)C)c1. The van der Waals surface area contributed by atoms with E-state index < -0.39 is 0 Å². The molecule has 2 aromatic rings. The molecule has 1 amide bonds. The van der Waals surface area contributed by atoms with Gasteiger partial charge >= 0.3 is 0 Å². The molecule has 1 aliphatic rings. The van der Waals surface area contributed by atoms with E-state index in [1.165, 1.54) is 0 Å². The minimum atomic E-state index is -0.0396. The third-order valence-electron chi connectivity index (χ3n) is 4.08. The van der Waals surface area contributed by atoms with Crippen LogP contribution in [0, 0.1) is 12.8 Å². The number of rotatable bonds is 4. The summed E-state index contributed by atoms with van der Waals surface area (Å²) in [6.07, 6.45) is 3.87. The molecule has 23 heavy (non-hydrogen) atoms. The molecule has 0 fully saturated rings. The van der Waals surface area contributed by atoms with E-state index in [0.717, 1.165) is 29.2 Å². The zero-order valence-electron chi connectivity index (χ0n) is 14.0. The second kappa shape index (κ2) is 6.02. The first-order valence-corrected chi connectivity index (χ1v) is 7.85. The minimum absolute atomic E-state index is 0.00947. The van der Waals surface area contributed by atoms with E-state index in [4.69, 9.17) is 4.74 Å². The number of pyridine rings is 1. The van der Waals surface area contributed by atoms with Crippen LogP contribution in [0.3, 0.4) is 0 Å². The Morgan fingerprint density at radius 2 is 2.22 bits per heavy atom. The highest BCUT2D eigenvalue weighted by atomic mass is 16.5. The highest BCUT2D eigenvalue weighted by molar-refractivity contribution is 5.94. The predicted octanol–water partition coefficient (Wildman–Crippen LogP) is 2.73. The number of carbonyl (C=O) groups is 1. The van der Waals surface area contributed by atoms with Crippen molar-refractivity contribution in [2.75, 3.05) is 12.4 Å². The number of amides is 1. The third kappa shape index (κ3) is 2.93. The summed E-state index contributed by atoms with van der Waals surface area (Å²) in [6, 6.07) is 1.94. The van der Waals surface area contributed by atoms with Crippen molar-refractivity contribution in [3.63, 3.8) is 0 Å². The van der Waals surface area contributed by atoms with Gasteiger partial charge in [-0.2, -0.15) is 5.10 Å². The molecule has 1 N–H and O–H groups in total. The summed E-state index contributed by atoms with van der Waals surface area (Å²) in [5.41, 5.74) is 3.02. The van der Waals surface area contributed by atoms with E-state index in [-0.39, 0.29) is 11.8 Å². The lowest BCUT2D eigenvalue weighted by Gasteiger charge is -2.24. The van der Waals surface area contributed by atoms with E-state index in [1.807, 2.05) is 17.7 Å². The van der Waals surface area contributed by atoms with Gasteiger partial charge in [0.15, 0.2) is 0 Å². The maximum absolute atomic E-state index is 12.2. The van der Waals surface area contributed by atoms with Crippen LogP contribution < -0.4 is 10.1 Å². The monoisotopic (exact) mass is 314 g/mol. The van der Waals surface area contributed by atoms with Crippen molar-refractivity contribution in [3.8, 4) is 5.75 Å². The largest absolute Gasteiger partial charge is 0.495 e. The Balaban J connectivity index is 2.08. The van der Waals surface area contributed by atoms with Crippen molar-refractivity contribution < 1.29 is 9.53 Å². The summed E-state index contributed by atoms with van der Waals surface area (Å²) in [7, 11) is 1.62. The maximum atomic E-state index is 12.2. The van der Waals surface area contributed by atoms with Gasteiger partial charge in [0.1, 0.15) is 11.6 Å². The number of hydrogen-bond acceptors (Lipinski definition) is 4. The molecule has 3 rings (SSSR count). The number of methoxy groups -OCH3 is 1. The first-order chi connectivity index (χ1) is 11.0. The van der Waals surface area contributed by atoms with Gasteiger partial charge in [-0.25, -0.2) is 4.68 Å². The smallest absolute Gasteiger partial charge is 0.226 e. The molecule has 0 aromatic carbocycles. The van der Waals surface area contributed by atoms with Gasteiger partial charge in [0.25, 0.3) is 0 Å². The summed E-state index contributed by atoms with van der Waals surface area (Å²) in [5.74, 6) is 1.94. The van der Waals surface area contributed by atoms with Gasteiger partial charge < -0.3 is 10.1 Å². The molecular weight excluding hydrogens is 292 g/mol. The lowest BCUT2D eigenvalue weighted by atomic mass is 9.86. The number of carbonyl (C=O) groups excluding carboxylic acids is 1. The Bertz CT molecular complexity index is 736. The Labute approximate surface area is 135 Å². The summed E-state index contributed by atoms with van der Waals surface area (Å²) in [6.45, 7) is 7.04. The van der Waals surface area contributed by atoms with Gasteiger partial charge in [-0.15, -0.1) is 0 Å². The van der Waals surface area contributed by atoms with Crippen LogP contribution in [0.1, 0.15) is 43.0 Å². The average molecular weight is 314 g/mol. The van der Waals surface area contributed by atoms with Crippen molar-refractivity contribution in [3.05, 3.63) is 35.3 Å². The first kappa shape index (κ1) is 15.5. The maximum Gasteiger partial charge on any atom is 0.226 e. The van der Waals surface area contributed by atoms with Gasteiger partial charge in [0.05, 0.1) is 19.0 Å². The van der Waals surface area contributed by atoms with Crippen LogP contribution in [0.5, 0.6) is 5.75 Å². The molecule has 3 heterocycles. The van der Waals surface area contributed by atoms with E-state index in [0.29, 0.717) is 18.1 Å². The third-order valence-corrected chi connectivity index (χ3v) is 4.08. The molecule has 0 saturated carbocycles. The van der Waals surface area contributed by atoms with Crippen molar-refractivity contribution in [2.24, 2.45) is 5.92 Å². The highest BCUT2D eigenvalue weighted by Gasteiger charge is 2.32. The van der Waals surface area contributed by atoms with Gasteiger partial charge in [-0.3, -0.25) is 9.78 Å². The molecular formula is C17H22N4O2. The molecule has 0 saturated heterocycles. The van der Waals surface area contributed by atoms with Crippen LogP contribution in [-0.4, -0.2) is 27.8 Å². The fourth-order valence-electron chi connectivity index (χ4n) is 3.12. The second-order valence-corrected chi connectivity index (χ2v) is 6.39. The Kier molecular flexibility index (Phi) is 4.07. The first-order valence-electron chi connectivity index (χ1n) is 7.85. The number of hydrogen-bond donors (Lipinski definition) is 1. The molecule has 0 spiro atoms. The molecule has 1 unspecified atom stereocenters. The van der Waals surface area contributed by atoms with E-state index >= 15 is 0 Å². The molecule has 6 nitrogen and oxygen atoms in total. The van der Waals surface area contributed by atoms with Gasteiger partial charge in [-0.1, -0.05) is 13.8 Å². The lowest BCUT2D eigenvalue weighted by Crippen LogP contribution is -2.25. The average Bonchev–Trinajstić information content (AvgIpc) is 2.82. The normalized spacial score (nSPS) is 17.1. The summed E-state index contributed by atoms with van der Waals surface area (Å²) in [5, 5.41) is 7.63. The highest BCUT2D eigenvalue weighted by Crippen LogP contribution is 2.39. The van der Waals surface area contributed by atoms with Crippen molar-refractivity contribution in [2.45, 2.75) is 39.7 Å². The Morgan fingerprint density at radius 1 is 1.43 bits per heavy atom.